The van der Waals surface area contributed by atoms with Gasteiger partial charge in [-0.3, -0.25) is 4.79 Å². The third-order valence-electron chi connectivity index (χ3n) is 5.80. The van der Waals surface area contributed by atoms with Crippen molar-refractivity contribution >= 4 is 5.97 Å². The topological polar surface area (TPSA) is 66.8 Å². The lowest BCUT2D eigenvalue weighted by Gasteiger charge is -2.38. The van der Waals surface area contributed by atoms with E-state index in [0.29, 0.717) is 24.0 Å². The number of rotatable bonds is 3. The molecule has 4 nitrogen and oxygen atoms in total. The number of hydrogen-bond acceptors (Lipinski definition) is 3. The van der Waals surface area contributed by atoms with E-state index < -0.39 is 11.6 Å². The summed E-state index contributed by atoms with van der Waals surface area (Å²) >= 11 is 0. The Kier molecular flexibility index (Phi) is 2.94. The van der Waals surface area contributed by atoms with Gasteiger partial charge in [0.25, 0.3) is 0 Å². The minimum absolute atomic E-state index is 0.137. The van der Waals surface area contributed by atoms with Crippen molar-refractivity contribution in [1.82, 2.24) is 0 Å². The van der Waals surface area contributed by atoms with Crippen LogP contribution in [0.1, 0.15) is 74.0 Å². The molecule has 2 aliphatic carbocycles. The van der Waals surface area contributed by atoms with Crippen molar-refractivity contribution in [1.29, 1.82) is 0 Å². The lowest BCUT2D eigenvalue weighted by molar-refractivity contribution is -0.138. The second-order valence-corrected chi connectivity index (χ2v) is 7.36. The van der Waals surface area contributed by atoms with Crippen molar-refractivity contribution in [2.45, 2.75) is 69.3 Å². The Morgan fingerprint density at radius 1 is 1.36 bits per heavy atom. The van der Waals surface area contributed by atoms with Gasteiger partial charge in [0.05, 0.1) is 0 Å². The van der Waals surface area contributed by atoms with Crippen molar-refractivity contribution < 1.29 is 19.7 Å². The molecule has 1 fully saturated rings. The Morgan fingerprint density at radius 3 is 2.82 bits per heavy atom. The van der Waals surface area contributed by atoms with Gasteiger partial charge in [-0.2, -0.15) is 0 Å². The fourth-order valence-electron chi connectivity index (χ4n) is 4.63. The van der Waals surface area contributed by atoms with E-state index in [1.807, 2.05) is 13.0 Å². The number of hydrogen-bond donors (Lipinski definition) is 2. The van der Waals surface area contributed by atoms with Crippen LogP contribution in [0.5, 0.6) is 11.5 Å². The molecule has 3 aliphatic rings. The molecule has 0 unspecified atom stereocenters. The molecule has 0 amide bonds. The van der Waals surface area contributed by atoms with Gasteiger partial charge in [-0.15, -0.1) is 0 Å². The van der Waals surface area contributed by atoms with Crippen LogP contribution in [-0.4, -0.2) is 21.8 Å². The Balaban J connectivity index is 1.72. The predicted octanol–water partition coefficient (Wildman–Crippen LogP) is 3.71. The zero-order valence-corrected chi connectivity index (χ0v) is 12.9. The van der Waals surface area contributed by atoms with E-state index in [1.165, 1.54) is 18.4 Å². The highest BCUT2D eigenvalue weighted by atomic mass is 16.5. The van der Waals surface area contributed by atoms with Crippen LogP contribution in [0.15, 0.2) is 6.07 Å². The van der Waals surface area contributed by atoms with Gasteiger partial charge < -0.3 is 14.9 Å². The summed E-state index contributed by atoms with van der Waals surface area (Å²) in [5.41, 5.74) is 3.03. The van der Waals surface area contributed by atoms with E-state index in [-0.39, 0.29) is 6.42 Å². The van der Waals surface area contributed by atoms with Crippen molar-refractivity contribution in [2.75, 3.05) is 0 Å². The van der Waals surface area contributed by atoms with E-state index >= 15 is 0 Å². The van der Waals surface area contributed by atoms with E-state index in [9.17, 15) is 9.90 Å². The number of aryl methyl sites for hydroxylation is 1. The summed E-state index contributed by atoms with van der Waals surface area (Å²) in [6, 6.07) is 1.88. The number of aromatic hydroxyl groups is 1. The number of aliphatic carboxylic acids is 1. The van der Waals surface area contributed by atoms with Gasteiger partial charge in [0.15, 0.2) is 0 Å². The average Bonchev–Trinajstić information content (AvgIpc) is 3.08. The number of carboxylic acid groups (broad SMARTS) is 1. The van der Waals surface area contributed by atoms with Crippen molar-refractivity contribution in [2.24, 2.45) is 0 Å². The van der Waals surface area contributed by atoms with Gasteiger partial charge in [0.2, 0.25) is 0 Å². The highest BCUT2D eigenvalue weighted by molar-refractivity contribution is 5.67. The molecule has 1 aromatic rings. The molecule has 1 aliphatic heterocycles. The van der Waals surface area contributed by atoms with Crippen LogP contribution >= 0.6 is 0 Å². The van der Waals surface area contributed by atoms with Crippen LogP contribution in [0.3, 0.4) is 0 Å². The maximum atomic E-state index is 10.9. The fraction of sp³-hybridized carbons (Fsp3) is 0.611. The molecule has 1 aromatic carbocycles. The molecule has 4 heteroatoms. The van der Waals surface area contributed by atoms with Gasteiger partial charge in [0, 0.05) is 17.5 Å². The summed E-state index contributed by atoms with van der Waals surface area (Å²) in [7, 11) is 0. The first-order valence-electron chi connectivity index (χ1n) is 8.26. The molecular weight excluding hydrogens is 280 g/mol. The van der Waals surface area contributed by atoms with Gasteiger partial charge >= 0.3 is 5.97 Å². The van der Waals surface area contributed by atoms with Crippen molar-refractivity contribution in [3.8, 4) is 11.5 Å². The third kappa shape index (κ3) is 2.00. The summed E-state index contributed by atoms with van der Waals surface area (Å²) < 4.78 is 6.35. The first-order valence-corrected chi connectivity index (χ1v) is 8.26. The maximum absolute atomic E-state index is 10.9. The Labute approximate surface area is 130 Å². The molecule has 0 saturated heterocycles. The summed E-state index contributed by atoms with van der Waals surface area (Å²) in [5, 5.41) is 19.3. The second-order valence-electron chi connectivity index (χ2n) is 7.36. The molecular formula is C18H22O4. The van der Waals surface area contributed by atoms with Gasteiger partial charge in [-0.25, -0.2) is 0 Å². The Hall–Kier alpha value is -1.71. The van der Waals surface area contributed by atoms with Crippen LogP contribution in [0.2, 0.25) is 0 Å². The molecule has 0 radical (unpaired) electrons. The first-order chi connectivity index (χ1) is 10.5. The molecule has 22 heavy (non-hydrogen) atoms. The average molecular weight is 302 g/mol. The molecule has 0 aromatic heterocycles. The smallest absolute Gasteiger partial charge is 0.303 e. The Morgan fingerprint density at radius 2 is 2.09 bits per heavy atom. The zero-order valence-electron chi connectivity index (χ0n) is 12.9. The SMILES string of the molecule is C[C@]1(CCC(=O)O)CCc2cc(O)c3c(c2O1)[C@@H]1CC[C@H]3C1. The van der Waals surface area contributed by atoms with Crippen LogP contribution < -0.4 is 4.74 Å². The van der Waals surface area contributed by atoms with E-state index in [1.54, 1.807) is 0 Å². The van der Waals surface area contributed by atoms with E-state index in [0.717, 1.165) is 36.1 Å². The molecule has 1 heterocycles. The molecule has 4 rings (SSSR count). The molecule has 3 atom stereocenters. The van der Waals surface area contributed by atoms with Crippen LogP contribution in [0, 0.1) is 0 Å². The minimum atomic E-state index is -0.773. The van der Waals surface area contributed by atoms with Crippen molar-refractivity contribution in [3.63, 3.8) is 0 Å². The van der Waals surface area contributed by atoms with Gasteiger partial charge in [-0.05, 0) is 68.9 Å². The number of carboxylic acids is 1. The van der Waals surface area contributed by atoms with Crippen molar-refractivity contribution in [3.05, 3.63) is 22.8 Å². The number of ether oxygens (including phenoxy) is 1. The first kappa shape index (κ1) is 13.9. The number of benzene rings is 1. The third-order valence-corrected chi connectivity index (χ3v) is 5.80. The maximum Gasteiger partial charge on any atom is 0.303 e. The van der Waals surface area contributed by atoms with E-state index in [4.69, 9.17) is 9.84 Å². The standard InChI is InChI=1S/C18H22O4/c1-18(7-5-14(20)21)6-4-12-9-13(19)15-10-2-3-11(8-10)16(15)17(12)22-18/h9-11,19H,2-8H2,1H3,(H,20,21)/t10-,11+,18+/m0/s1. The van der Waals surface area contributed by atoms with Crippen LogP contribution in [0.25, 0.3) is 0 Å². The summed E-state index contributed by atoms with van der Waals surface area (Å²) in [4.78, 5) is 10.9. The quantitative estimate of drug-likeness (QED) is 0.893. The molecule has 2 bridgehead atoms. The van der Waals surface area contributed by atoms with E-state index in [2.05, 4.69) is 0 Å². The van der Waals surface area contributed by atoms with Crippen LogP contribution in [0.4, 0.5) is 0 Å². The minimum Gasteiger partial charge on any atom is -0.508 e. The summed E-state index contributed by atoms with van der Waals surface area (Å²) in [6.45, 7) is 2.02. The van der Waals surface area contributed by atoms with Crippen LogP contribution in [-0.2, 0) is 11.2 Å². The lowest BCUT2D eigenvalue weighted by atomic mass is 9.83. The lowest BCUT2D eigenvalue weighted by Crippen LogP contribution is -2.37. The van der Waals surface area contributed by atoms with Gasteiger partial charge in [-0.1, -0.05) is 0 Å². The normalized spacial score (nSPS) is 31.5. The molecule has 118 valence electrons. The van der Waals surface area contributed by atoms with Gasteiger partial charge in [0.1, 0.15) is 17.1 Å². The highest BCUT2D eigenvalue weighted by Gasteiger charge is 2.44. The number of carbonyl (C=O) groups is 1. The molecule has 2 N–H and O–H groups in total. The Bertz CT molecular complexity index is 651. The number of phenols is 1. The monoisotopic (exact) mass is 302 g/mol. The summed E-state index contributed by atoms with van der Waals surface area (Å²) in [5.74, 6) is 1.63. The number of fused-ring (bicyclic) bond motifs is 7. The second kappa shape index (κ2) is 4.64. The summed E-state index contributed by atoms with van der Waals surface area (Å²) in [6.07, 6.45) is 5.81. The fourth-order valence-corrected chi connectivity index (χ4v) is 4.63. The molecule has 0 spiro atoms. The highest BCUT2D eigenvalue weighted by Crippen LogP contribution is 2.60. The predicted molar refractivity (Wildman–Crippen MR) is 81.7 cm³/mol. The largest absolute Gasteiger partial charge is 0.508 e. The number of phenolic OH excluding ortho intramolecular Hbond substituents is 1. The zero-order chi connectivity index (χ0) is 15.5. The molecule has 1 saturated carbocycles.